The number of nitrogens with zero attached hydrogens (tertiary/aromatic N) is 2. The summed E-state index contributed by atoms with van der Waals surface area (Å²) in [6.45, 7) is 5.70. The molecule has 2 aromatic carbocycles. The van der Waals surface area contributed by atoms with E-state index < -0.39 is 0 Å². The van der Waals surface area contributed by atoms with Crippen LogP contribution in [-0.2, 0) is 7.05 Å². The third-order valence-corrected chi connectivity index (χ3v) is 4.21. The SMILES string of the molecule is Cc1nc2cc(C(=O)Nc3ccccc3C(=O)NC(C)C)ccc2n1C. The minimum Gasteiger partial charge on any atom is -0.350 e. The molecule has 0 spiro atoms. The summed E-state index contributed by atoms with van der Waals surface area (Å²) in [5.74, 6) is 0.389. The van der Waals surface area contributed by atoms with Crippen molar-refractivity contribution in [2.45, 2.75) is 26.8 Å². The summed E-state index contributed by atoms with van der Waals surface area (Å²) in [6.07, 6.45) is 0. The topological polar surface area (TPSA) is 76.0 Å². The van der Waals surface area contributed by atoms with Crippen LogP contribution in [0.15, 0.2) is 42.5 Å². The van der Waals surface area contributed by atoms with Crippen LogP contribution in [0.5, 0.6) is 0 Å². The monoisotopic (exact) mass is 350 g/mol. The Morgan fingerprint density at radius 2 is 1.81 bits per heavy atom. The highest BCUT2D eigenvalue weighted by atomic mass is 16.2. The first-order valence-corrected chi connectivity index (χ1v) is 8.51. The van der Waals surface area contributed by atoms with Gasteiger partial charge in [-0.2, -0.15) is 0 Å². The number of fused-ring (bicyclic) bond motifs is 1. The molecule has 0 bridgehead atoms. The van der Waals surface area contributed by atoms with E-state index in [1.54, 1.807) is 36.4 Å². The van der Waals surface area contributed by atoms with Crippen LogP contribution in [0.1, 0.15) is 40.4 Å². The maximum absolute atomic E-state index is 12.7. The van der Waals surface area contributed by atoms with E-state index in [-0.39, 0.29) is 17.9 Å². The van der Waals surface area contributed by atoms with E-state index in [1.807, 2.05) is 38.5 Å². The molecule has 0 aliphatic rings. The Hall–Kier alpha value is -3.15. The molecule has 0 saturated heterocycles. The number of aromatic nitrogens is 2. The summed E-state index contributed by atoms with van der Waals surface area (Å²) in [5.41, 5.74) is 3.14. The molecule has 0 atom stereocenters. The molecule has 0 fully saturated rings. The number of anilines is 1. The molecule has 1 heterocycles. The van der Waals surface area contributed by atoms with Gasteiger partial charge in [-0.25, -0.2) is 4.98 Å². The number of para-hydroxylation sites is 1. The van der Waals surface area contributed by atoms with Gasteiger partial charge in [-0.05, 0) is 51.1 Å². The van der Waals surface area contributed by atoms with E-state index in [4.69, 9.17) is 0 Å². The molecule has 134 valence electrons. The van der Waals surface area contributed by atoms with Crippen LogP contribution in [0.25, 0.3) is 11.0 Å². The third kappa shape index (κ3) is 3.44. The van der Waals surface area contributed by atoms with Crippen molar-refractivity contribution in [2.24, 2.45) is 7.05 Å². The van der Waals surface area contributed by atoms with Gasteiger partial charge in [0.15, 0.2) is 0 Å². The number of imidazole rings is 1. The molecular formula is C20H22N4O2. The molecule has 0 radical (unpaired) electrons. The Balaban J connectivity index is 1.88. The predicted molar refractivity (Wildman–Crippen MR) is 102 cm³/mol. The van der Waals surface area contributed by atoms with Gasteiger partial charge in [-0.1, -0.05) is 12.1 Å². The van der Waals surface area contributed by atoms with Crippen molar-refractivity contribution in [3.05, 3.63) is 59.4 Å². The van der Waals surface area contributed by atoms with Crippen LogP contribution < -0.4 is 10.6 Å². The van der Waals surface area contributed by atoms with Crippen molar-refractivity contribution < 1.29 is 9.59 Å². The number of carbonyl (C=O) groups is 2. The van der Waals surface area contributed by atoms with Gasteiger partial charge in [0.2, 0.25) is 0 Å². The van der Waals surface area contributed by atoms with Crippen LogP contribution in [0, 0.1) is 6.92 Å². The maximum Gasteiger partial charge on any atom is 0.255 e. The number of rotatable bonds is 4. The van der Waals surface area contributed by atoms with Gasteiger partial charge in [0.05, 0.1) is 22.3 Å². The van der Waals surface area contributed by atoms with Gasteiger partial charge >= 0.3 is 0 Å². The number of hydrogen-bond donors (Lipinski definition) is 2. The lowest BCUT2D eigenvalue weighted by atomic mass is 10.1. The number of nitrogens with one attached hydrogen (secondary N) is 2. The van der Waals surface area contributed by atoms with Gasteiger partial charge in [0.1, 0.15) is 5.82 Å². The molecule has 0 saturated carbocycles. The Bertz CT molecular complexity index is 989. The van der Waals surface area contributed by atoms with Gasteiger partial charge in [0, 0.05) is 18.7 Å². The zero-order chi connectivity index (χ0) is 18.8. The second kappa shape index (κ2) is 7.00. The smallest absolute Gasteiger partial charge is 0.255 e. The van der Waals surface area contributed by atoms with Gasteiger partial charge in [0.25, 0.3) is 11.8 Å². The Morgan fingerprint density at radius 3 is 2.54 bits per heavy atom. The summed E-state index contributed by atoms with van der Waals surface area (Å²) >= 11 is 0. The molecule has 6 nitrogen and oxygen atoms in total. The zero-order valence-corrected chi connectivity index (χ0v) is 15.3. The molecule has 3 rings (SSSR count). The van der Waals surface area contributed by atoms with Crippen LogP contribution in [0.2, 0.25) is 0 Å². The maximum atomic E-state index is 12.7. The fourth-order valence-electron chi connectivity index (χ4n) is 2.79. The zero-order valence-electron chi connectivity index (χ0n) is 15.3. The molecule has 6 heteroatoms. The predicted octanol–water partition coefficient (Wildman–Crippen LogP) is 3.27. The van der Waals surface area contributed by atoms with Crippen molar-refractivity contribution in [1.82, 2.24) is 14.9 Å². The van der Waals surface area contributed by atoms with Crippen LogP contribution in [0.4, 0.5) is 5.69 Å². The minimum absolute atomic E-state index is 0.0149. The van der Waals surface area contributed by atoms with E-state index in [1.165, 1.54) is 0 Å². The lowest BCUT2D eigenvalue weighted by Crippen LogP contribution is -2.31. The van der Waals surface area contributed by atoms with Crippen molar-refractivity contribution >= 4 is 28.5 Å². The van der Waals surface area contributed by atoms with E-state index in [0.717, 1.165) is 16.9 Å². The molecule has 0 aliphatic heterocycles. The lowest BCUT2D eigenvalue weighted by Gasteiger charge is -2.13. The molecule has 2 amide bonds. The average Bonchev–Trinajstić information content (AvgIpc) is 2.88. The summed E-state index contributed by atoms with van der Waals surface area (Å²) in [4.78, 5) is 29.5. The average molecular weight is 350 g/mol. The van der Waals surface area contributed by atoms with Gasteiger partial charge in [-0.3, -0.25) is 9.59 Å². The summed E-state index contributed by atoms with van der Waals surface area (Å²) in [5, 5.41) is 5.68. The molecule has 0 unspecified atom stereocenters. The summed E-state index contributed by atoms with van der Waals surface area (Å²) in [7, 11) is 1.94. The summed E-state index contributed by atoms with van der Waals surface area (Å²) in [6, 6.07) is 12.4. The van der Waals surface area contributed by atoms with E-state index >= 15 is 0 Å². The van der Waals surface area contributed by atoms with Crippen molar-refractivity contribution in [3.8, 4) is 0 Å². The standard InChI is InChI=1S/C20H22N4O2/c1-12(2)21-20(26)15-7-5-6-8-16(15)23-19(25)14-9-10-18-17(11-14)22-13(3)24(18)4/h5-12H,1-4H3,(H,21,26)(H,23,25). The molecular weight excluding hydrogens is 328 g/mol. The molecule has 1 aromatic heterocycles. The van der Waals surface area contributed by atoms with Gasteiger partial charge < -0.3 is 15.2 Å². The number of hydrogen-bond acceptors (Lipinski definition) is 3. The summed E-state index contributed by atoms with van der Waals surface area (Å²) < 4.78 is 1.97. The molecule has 26 heavy (non-hydrogen) atoms. The number of benzene rings is 2. The molecule has 3 aromatic rings. The van der Waals surface area contributed by atoms with E-state index in [9.17, 15) is 9.59 Å². The fraction of sp³-hybridized carbons (Fsp3) is 0.250. The third-order valence-electron chi connectivity index (χ3n) is 4.21. The highest BCUT2D eigenvalue weighted by Gasteiger charge is 2.15. The highest BCUT2D eigenvalue weighted by Crippen LogP contribution is 2.19. The second-order valence-electron chi connectivity index (χ2n) is 6.55. The Kier molecular flexibility index (Phi) is 4.75. The van der Waals surface area contributed by atoms with Gasteiger partial charge in [-0.15, -0.1) is 0 Å². The van der Waals surface area contributed by atoms with Crippen molar-refractivity contribution in [2.75, 3.05) is 5.32 Å². The Morgan fingerprint density at radius 1 is 1.08 bits per heavy atom. The fourth-order valence-corrected chi connectivity index (χ4v) is 2.79. The van der Waals surface area contributed by atoms with Crippen LogP contribution in [0.3, 0.4) is 0 Å². The van der Waals surface area contributed by atoms with E-state index in [0.29, 0.717) is 16.8 Å². The van der Waals surface area contributed by atoms with E-state index in [2.05, 4.69) is 15.6 Å². The Labute approximate surface area is 152 Å². The molecule has 2 N–H and O–H groups in total. The van der Waals surface area contributed by atoms with Crippen LogP contribution in [-0.4, -0.2) is 27.4 Å². The number of carbonyl (C=O) groups excluding carboxylic acids is 2. The normalized spacial score (nSPS) is 11.0. The quantitative estimate of drug-likeness (QED) is 0.758. The van der Waals surface area contributed by atoms with Crippen molar-refractivity contribution in [1.29, 1.82) is 0 Å². The number of aryl methyl sites for hydroxylation is 2. The first kappa shape index (κ1) is 17.7. The minimum atomic E-state index is -0.278. The number of amides is 2. The van der Waals surface area contributed by atoms with Crippen molar-refractivity contribution in [3.63, 3.8) is 0 Å². The molecule has 0 aliphatic carbocycles. The van der Waals surface area contributed by atoms with Crippen LogP contribution >= 0.6 is 0 Å². The first-order valence-electron chi connectivity index (χ1n) is 8.51. The highest BCUT2D eigenvalue weighted by molar-refractivity contribution is 6.10. The lowest BCUT2D eigenvalue weighted by molar-refractivity contribution is 0.0944. The second-order valence-corrected chi connectivity index (χ2v) is 6.55. The largest absolute Gasteiger partial charge is 0.350 e. The first-order chi connectivity index (χ1) is 12.4.